The summed E-state index contributed by atoms with van der Waals surface area (Å²) in [6.45, 7) is 17.5. The van der Waals surface area contributed by atoms with Gasteiger partial charge in [-0.15, -0.1) is 0 Å². The Morgan fingerprint density at radius 2 is 1.43 bits per heavy atom. The van der Waals surface area contributed by atoms with Crippen molar-refractivity contribution >= 4 is 18.0 Å². The van der Waals surface area contributed by atoms with Gasteiger partial charge in [0.1, 0.15) is 5.60 Å². The second kappa shape index (κ2) is 13.0. The third-order valence-electron chi connectivity index (χ3n) is 5.93. The summed E-state index contributed by atoms with van der Waals surface area (Å²) in [5.41, 5.74) is -0.0873. The van der Waals surface area contributed by atoms with Crippen LogP contribution in [0.1, 0.15) is 38.1 Å². The number of aromatic nitrogens is 2. The maximum atomic E-state index is 12.2. The van der Waals surface area contributed by atoms with E-state index in [1.165, 1.54) is 12.4 Å². The van der Waals surface area contributed by atoms with Crippen molar-refractivity contribution in [3.05, 3.63) is 18.0 Å². The Morgan fingerprint density at radius 1 is 0.886 bits per heavy atom. The molecule has 2 saturated heterocycles. The van der Waals surface area contributed by atoms with Gasteiger partial charge >= 0.3 is 12.1 Å². The highest BCUT2D eigenvalue weighted by Gasteiger charge is 2.25. The van der Waals surface area contributed by atoms with E-state index in [4.69, 9.17) is 14.2 Å². The van der Waals surface area contributed by atoms with Crippen molar-refractivity contribution < 1.29 is 23.8 Å². The topological polar surface area (TPSA) is 101 Å². The Morgan fingerprint density at radius 3 is 1.94 bits per heavy atom. The first-order chi connectivity index (χ1) is 16.7. The largest absolute Gasteiger partial charge is 0.462 e. The average molecular weight is 493 g/mol. The van der Waals surface area contributed by atoms with Crippen LogP contribution >= 0.6 is 0 Å². The van der Waals surface area contributed by atoms with Crippen LogP contribution in [0.3, 0.4) is 0 Å². The first-order valence-corrected chi connectivity index (χ1v) is 12.5. The van der Waals surface area contributed by atoms with Crippen LogP contribution in [-0.4, -0.2) is 128 Å². The summed E-state index contributed by atoms with van der Waals surface area (Å²) in [5.74, 6) is 0.243. The number of hydrogen-bond donors (Lipinski definition) is 0. The quantitative estimate of drug-likeness (QED) is 0.371. The number of piperazine rings is 2. The van der Waals surface area contributed by atoms with E-state index in [-0.39, 0.29) is 6.09 Å². The lowest BCUT2D eigenvalue weighted by Crippen LogP contribution is -2.50. The average Bonchev–Trinajstić information content (AvgIpc) is 2.84. The monoisotopic (exact) mass is 492 g/mol. The van der Waals surface area contributed by atoms with Crippen molar-refractivity contribution in [1.29, 1.82) is 0 Å². The molecule has 2 fully saturated rings. The maximum Gasteiger partial charge on any atom is 0.410 e. The number of rotatable bonds is 9. The van der Waals surface area contributed by atoms with Crippen LogP contribution in [-0.2, 0) is 14.2 Å². The first-order valence-electron chi connectivity index (χ1n) is 12.5. The van der Waals surface area contributed by atoms with E-state index in [9.17, 15) is 9.59 Å². The molecule has 1 aromatic rings. The standard InChI is InChI=1S/C24H40N6O5/c1-5-34-21(31)20-18-25-22(26-19-20)29-10-6-27(7-11-29)14-16-33-17-15-28-8-12-30(13-9-28)23(32)35-24(2,3)4/h18-19H,5-17H2,1-4H3. The summed E-state index contributed by atoms with van der Waals surface area (Å²) in [7, 11) is 0. The summed E-state index contributed by atoms with van der Waals surface area (Å²) in [5, 5.41) is 0. The Hall–Kier alpha value is -2.50. The van der Waals surface area contributed by atoms with Crippen molar-refractivity contribution in [2.24, 2.45) is 0 Å². The maximum absolute atomic E-state index is 12.2. The minimum Gasteiger partial charge on any atom is -0.462 e. The number of esters is 1. The molecule has 2 aliphatic heterocycles. The van der Waals surface area contributed by atoms with Crippen LogP contribution in [0, 0.1) is 0 Å². The van der Waals surface area contributed by atoms with Crippen LogP contribution in [0.15, 0.2) is 12.4 Å². The molecule has 2 aliphatic rings. The van der Waals surface area contributed by atoms with Crippen molar-refractivity contribution in [2.75, 3.05) is 90.2 Å². The second-order valence-electron chi connectivity index (χ2n) is 9.74. The number of ether oxygens (including phenoxy) is 3. The van der Waals surface area contributed by atoms with Crippen LogP contribution in [0.4, 0.5) is 10.7 Å². The highest BCUT2D eigenvalue weighted by atomic mass is 16.6. The molecule has 0 aliphatic carbocycles. The molecule has 0 spiro atoms. The third kappa shape index (κ3) is 8.90. The summed E-state index contributed by atoms with van der Waals surface area (Å²) >= 11 is 0. The van der Waals surface area contributed by atoms with Gasteiger partial charge in [-0.05, 0) is 27.7 Å². The van der Waals surface area contributed by atoms with Crippen molar-refractivity contribution in [3.8, 4) is 0 Å². The summed E-state index contributed by atoms with van der Waals surface area (Å²) in [6.07, 6.45) is 2.82. The highest BCUT2D eigenvalue weighted by Crippen LogP contribution is 2.13. The zero-order chi connectivity index (χ0) is 25.3. The van der Waals surface area contributed by atoms with Gasteiger partial charge in [0.2, 0.25) is 5.95 Å². The van der Waals surface area contributed by atoms with Gasteiger partial charge in [0.05, 0.1) is 25.4 Å². The smallest absolute Gasteiger partial charge is 0.410 e. The molecular formula is C24H40N6O5. The number of carbonyl (C=O) groups excluding carboxylic acids is 2. The molecule has 0 saturated carbocycles. The molecule has 0 unspecified atom stereocenters. The summed E-state index contributed by atoms with van der Waals surface area (Å²) in [6, 6.07) is 0. The number of anilines is 1. The fourth-order valence-corrected chi connectivity index (χ4v) is 3.95. The predicted octanol–water partition coefficient (Wildman–Crippen LogP) is 1.34. The van der Waals surface area contributed by atoms with E-state index >= 15 is 0 Å². The lowest BCUT2D eigenvalue weighted by Gasteiger charge is -2.35. The van der Waals surface area contributed by atoms with Gasteiger partial charge in [-0.3, -0.25) is 9.80 Å². The van der Waals surface area contributed by atoms with E-state index < -0.39 is 11.6 Å². The molecule has 35 heavy (non-hydrogen) atoms. The fourth-order valence-electron chi connectivity index (χ4n) is 3.95. The lowest BCUT2D eigenvalue weighted by molar-refractivity contribution is 0.0110. The van der Waals surface area contributed by atoms with Gasteiger partial charge in [0.15, 0.2) is 0 Å². The van der Waals surface area contributed by atoms with Gasteiger partial charge in [0, 0.05) is 77.8 Å². The molecule has 0 atom stereocenters. The number of carbonyl (C=O) groups is 2. The van der Waals surface area contributed by atoms with Crippen molar-refractivity contribution in [2.45, 2.75) is 33.3 Å². The third-order valence-corrected chi connectivity index (χ3v) is 5.93. The molecular weight excluding hydrogens is 452 g/mol. The molecule has 0 aromatic carbocycles. The Labute approximate surface area is 208 Å². The molecule has 196 valence electrons. The fraction of sp³-hybridized carbons (Fsp3) is 0.750. The minimum atomic E-state index is -0.459. The Kier molecular flexibility index (Phi) is 10.1. The van der Waals surface area contributed by atoms with Gasteiger partial charge in [-0.25, -0.2) is 19.6 Å². The molecule has 0 radical (unpaired) electrons. The van der Waals surface area contributed by atoms with Crippen molar-refractivity contribution in [3.63, 3.8) is 0 Å². The molecule has 11 heteroatoms. The Bertz CT molecular complexity index is 800. The van der Waals surface area contributed by atoms with Crippen molar-refractivity contribution in [1.82, 2.24) is 24.7 Å². The summed E-state index contributed by atoms with van der Waals surface area (Å²) < 4.78 is 16.3. The van der Waals surface area contributed by atoms with E-state index in [1.807, 2.05) is 20.8 Å². The molecule has 3 rings (SSSR count). The predicted molar refractivity (Wildman–Crippen MR) is 132 cm³/mol. The molecule has 1 aromatic heterocycles. The van der Waals surface area contributed by atoms with Gasteiger partial charge in [-0.2, -0.15) is 0 Å². The molecule has 0 N–H and O–H groups in total. The first kappa shape index (κ1) is 27.1. The SMILES string of the molecule is CCOC(=O)c1cnc(N2CCN(CCOCCN3CCN(C(=O)OC(C)(C)C)CC3)CC2)nc1. The zero-order valence-corrected chi connectivity index (χ0v) is 21.6. The van der Waals surface area contributed by atoms with Crippen LogP contribution < -0.4 is 4.90 Å². The van der Waals surface area contributed by atoms with Crippen LogP contribution in [0.25, 0.3) is 0 Å². The Balaban J connectivity index is 1.25. The minimum absolute atomic E-state index is 0.228. The lowest BCUT2D eigenvalue weighted by atomic mass is 10.2. The van der Waals surface area contributed by atoms with Gasteiger partial charge < -0.3 is 24.0 Å². The molecule has 1 amide bonds. The van der Waals surface area contributed by atoms with E-state index in [2.05, 4.69) is 24.7 Å². The number of hydrogen-bond acceptors (Lipinski definition) is 10. The number of nitrogens with zero attached hydrogens (tertiary/aromatic N) is 6. The normalized spacial score (nSPS) is 17.9. The van der Waals surface area contributed by atoms with Gasteiger partial charge in [0.25, 0.3) is 0 Å². The van der Waals surface area contributed by atoms with E-state index in [0.29, 0.717) is 44.4 Å². The summed E-state index contributed by atoms with van der Waals surface area (Å²) in [4.78, 5) is 41.2. The second-order valence-corrected chi connectivity index (χ2v) is 9.74. The molecule has 0 bridgehead atoms. The van der Waals surface area contributed by atoms with Crippen LogP contribution in [0.2, 0.25) is 0 Å². The van der Waals surface area contributed by atoms with E-state index in [0.717, 1.165) is 52.4 Å². The zero-order valence-electron chi connectivity index (χ0n) is 21.6. The van der Waals surface area contributed by atoms with E-state index in [1.54, 1.807) is 11.8 Å². The highest BCUT2D eigenvalue weighted by molar-refractivity contribution is 5.88. The van der Waals surface area contributed by atoms with Gasteiger partial charge in [-0.1, -0.05) is 0 Å². The number of amides is 1. The molecule has 3 heterocycles. The molecule has 11 nitrogen and oxygen atoms in total. The van der Waals surface area contributed by atoms with Crippen LogP contribution in [0.5, 0.6) is 0 Å².